The zero-order valence-corrected chi connectivity index (χ0v) is 12.7. The minimum Gasteiger partial charge on any atom is -0.339 e. The predicted molar refractivity (Wildman–Crippen MR) is 82.0 cm³/mol. The van der Waals surface area contributed by atoms with Crippen LogP contribution in [0, 0.1) is 5.92 Å². The van der Waals surface area contributed by atoms with Crippen molar-refractivity contribution >= 4 is 5.91 Å². The molecule has 4 nitrogen and oxygen atoms in total. The van der Waals surface area contributed by atoms with Crippen LogP contribution in [0.15, 0.2) is 24.5 Å². The number of aromatic nitrogens is 1. The summed E-state index contributed by atoms with van der Waals surface area (Å²) in [5, 5.41) is 0. The topological polar surface area (TPSA) is 59.2 Å². The summed E-state index contributed by atoms with van der Waals surface area (Å²) in [6.45, 7) is 6.32. The minimum atomic E-state index is 0.236. The van der Waals surface area contributed by atoms with Gasteiger partial charge < -0.3 is 10.6 Å². The molecule has 0 spiro atoms. The molecular formula is C16H27N3O. The highest BCUT2D eigenvalue weighted by molar-refractivity contribution is 5.76. The van der Waals surface area contributed by atoms with Gasteiger partial charge >= 0.3 is 0 Å². The van der Waals surface area contributed by atoms with Gasteiger partial charge in [0.1, 0.15) is 0 Å². The third kappa shape index (κ3) is 5.70. The van der Waals surface area contributed by atoms with E-state index in [0.717, 1.165) is 31.4 Å². The summed E-state index contributed by atoms with van der Waals surface area (Å²) in [5.74, 6) is 0.809. The Labute approximate surface area is 122 Å². The minimum absolute atomic E-state index is 0.236. The molecule has 1 amide bonds. The molecule has 20 heavy (non-hydrogen) atoms. The Bertz CT molecular complexity index is 381. The number of nitrogens with zero attached hydrogens (tertiary/aromatic N) is 2. The molecule has 1 unspecified atom stereocenters. The Morgan fingerprint density at radius 3 is 2.55 bits per heavy atom. The summed E-state index contributed by atoms with van der Waals surface area (Å²) in [5.41, 5.74) is 6.73. The van der Waals surface area contributed by atoms with Gasteiger partial charge in [0.15, 0.2) is 0 Å². The first-order valence-electron chi connectivity index (χ1n) is 7.57. The Kier molecular flexibility index (Phi) is 7.88. The van der Waals surface area contributed by atoms with Crippen LogP contribution >= 0.6 is 0 Å². The summed E-state index contributed by atoms with van der Waals surface area (Å²) in [6.07, 6.45) is 7.21. The number of hydrogen-bond acceptors (Lipinski definition) is 3. The first-order chi connectivity index (χ1) is 9.71. The van der Waals surface area contributed by atoms with Crippen molar-refractivity contribution in [2.75, 3.05) is 13.1 Å². The molecule has 112 valence electrons. The number of pyridine rings is 1. The van der Waals surface area contributed by atoms with E-state index < -0.39 is 0 Å². The van der Waals surface area contributed by atoms with E-state index in [9.17, 15) is 4.79 Å². The number of hydrogen-bond donors (Lipinski definition) is 1. The highest BCUT2D eigenvalue weighted by atomic mass is 16.2. The van der Waals surface area contributed by atoms with Crippen molar-refractivity contribution in [1.29, 1.82) is 0 Å². The van der Waals surface area contributed by atoms with Gasteiger partial charge in [-0.25, -0.2) is 0 Å². The fraction of sp³-hybridized carbons (Fsp3) is 0.625. The fourth-order valence-electron chi connectivity index (χ4n) is 2.36. The van der Waals surface area contributed by atoms with Crippen LogP contribution < -0.4 is 5.73 Å². The largest absolute Gasteiger partial charge is 0.339 e. The second kappa shape index (κ2) is 9.48. The molecule has 1 aromatic heterocycles. The maximum absolute atomic E-state index is 12.3. The van der Waals surface area contributed by atoms with Gasteiger partial charge in [0.2, 0.25) is 5.91 Å². The molecule has 0 fully saturated rings. The van der Waals surface area contributed by atoms with Gasteiger partial charge in [0, 0.05) is 31.9 Å². The zero-order valence-electron chi connectivity index (χ0n) is 12.7. The van der Waals surface area contributed by atoms with Crippen LogP contribution in [0.5, 0.6) is 0 Å². The first kappa shape index (κ1) is 16.6. The van der Waals surface area contributed by atoms with Crippen LogP contribution in [-0.2, 0) is 11.3 Å². The highest BCUT2D eigenvalue weighted by Crippen LogP contribution is 2.16. The van der Waals surface area contributed by atoms with Gasteiger partial charge in [-0.3, -0.25) is 9.78 Å². The van der Waals surface area contributed by atoms with E-state index in [2.05, 4.69) is 11.9 Å². The molecule has 2 N–H and O–H groups in total. The SMILES string of the molecule is CCC(CCN)CCC(=O)N(CC)Cc1ccncc1. The van der Waals surface area contributed by atoms with Crippen LogP contribution in [-0.4, -0.2) is 28.9 Å². The lowest BCUT2D eigenvalue weighted by Crippen LogP contribution is -2.30. The molecule has 0 radical (unpaired) electrons. The smallest absolute Gasteiger partial charge is 0.222 e. The maximum atomic E-state index is 12.3. The predicted octanol–water partition coefficient (Wildman–Crippen LogP) is 2.59. The molecular weight excluding hydrogens is 250 g/mol. The molecule has 0 aliphatic heterocycles. The molecule has 0 aliphatic carbocycles. The quantitative estimate of drug-likeness (QED) is 0.754. The van der Waals surface area contributed by atoms with Gasteiger partial charge in [0.05, 0.1) is 0 Å². The summed E-state index contributed by atoms with van der Waals surface area (Å²) in [6, 6.07) is 3.92. The third-order valence-electron chi connectivity index (χ3n) is 3.78. The van der Waals surface area contributed by atoms with E-state index in [-0.39, 0.29) is 5.91 Å². The van der Waals surface area contributed by atoms with Gasteiger partial charge in [-0.2, -0.15) is 0 Å². The standard InChI is InChI=1S/C16H27N3O/c1-3-14(7-10-17)5-6-16(20)19(4-2)13-15-8-11-18-12-9-15/h8-9,11-12,14H,3-7,10,13,17H2,1-2H3. The molecule has 0 aliphatic rings. The van der Waals surface area contributed by atoms with Gasteiger partial charge in [-0.05, 0) is 49.9 Å². The molecule has 0 bridgehead atoms. The molecule has 4 heteroatoms. The van der Waals surface area contributed by atoms with Crippen LogP contribution in [0.4, 0.5) is 0 Å². The number of nitrogens with two attached hydrogens (primary N) is 1. The van der Waals surface area contributed by atoms with E-state index in [4.69, 9.17) is 5.73 Å². The zero-order chi connectivity index (χ0) is 14.8. The Balaban J connectivity index is 2.46. The first-order valence-corrected chi connectivity index (χ1v) is 7.57. The lowest BCUT2D eigenvalue weighted by molar-refractivity contribution is -0.131. The maximum Gasteiger partial charge on any atom is 0.222 e. The molecule has 0 saturated heterocycles. The average Bonchev–Trinajstić information content (AvgIpc) is 2.49. The van der Waals surface area contributed by atoms with E-state index in [1.165, 1.54) is 0 Å². The van der Waals surface area contributed by atoms with Gasteiger partial charge in [-0.15, -0.1) is 0 Å². The number of carbonyl (C=O) groups is 1. The summed E-state index contributed by atoms with van der Waals surface area (Å²) >= 11 is 0. The van der Waals surface area contributed by atoms with E-state index >= 15 is 0 Å². The van der Waals surface area contributed by atoms with Crippen LogP contribution in [0.25, 0.3) is 0 Å². The Morgan fingerprint density at radius 2 is 2.00 bits per heavy atom. The summed E-state index contributed by atoms with van der Waals surface area (Å²) in [7, 11) is 0. The second-order valence-corrected chi connectivity index (χ2v) is 5.15. The lowest BCUT2D eigenvalue weighted by Gasteiger charge is -2.22. The molecule has 1 rings (SSSR count). The second-order valence-electron chi connectivity index (χ2n) is 5.15. The van der Waals surface area contributed by atoms with Crippen LogP contribution in [0.2, 0.25) is 0 Å². The Morgan fingerprint density at radius 1 is 1.30 bits per heavy atom. The number of rotatable bonds is 9. The lowest BCUT2D eigenvalue weighted by atomic mass is 9.96. The average molecular weight is 277 g/mol. The summed E-state index contributed by atoms with van der Waals surface area (Å²) in [4.78, 5) is 18.2. The van der Waals surface area contributed by atoms with Crippen molar-refractivity contribution in [1.82, 2.24) is 9.88 Å². The van der Waals surface area contributed by atoms with Crippen molar-refractivity contribution in [3.05, 3.63) is 30.1 Å². The third-order valence-corrected chi connectivity index (χ3v) is 3.78. The van der Waals surface area contributed by atoms with Crippen molar-refractivity contribution in [3.8, 4) is 0 Å². The van der Waals surface area contributed by atoms with E-state index in [1.54, 1.807) is 12.4 Å². The van der Waals surface area contributed by atoms with E-state index in [1.807, 2.05) is 24.0 Å². The van der Waals surface area contributed by atoms with Crippen molar-refractivity contribution in [3.63, 3.8) is 0 Å². The molecule has 1 aromatic rings. The van der Waals surface area contributed by atoms with Crippen molar-refractivity contribution < 1.29 is 4.79 Å². The number of amides is 1. The molecule has 0 saturated carbocycles. The van der Waals surface area contributed by atoms with Crippen LogP contribution in [0.3, 0.4) is 0 Å². The van der Waals surface area contributed by atoms with Gasteiger partial charge in [-0.1, -0.05) is 13.3 Å². The normalized spacial score (nSPS) is 12.2. The summed E-state index contributed by atoms with van der Waals surface area (Å²) < 4.78 is 0. The molecule has 0 aromatic carbocycles. The monoisotopic (exact) mass is 277 g/mol. The number of carbonyl (C=O) groups excluding carboxylic acids is 1. The van der Waals surface area contributed by atoms with Crippen LogP contribution in [0.1, 0.15) is 45.1 Å². The molecule has 1 heterocycles. The van der Waals surface area contributed by atoms with E-state index in [0.29, 0.717) is 25.4 Å². The fourth-order valence-corrected chi connectivity index (χ4v) is 2.36. The van der Waals surface area contributed by atoms with Crippen molar-refractivity contribution in [2.24, 2.45) is 11.7 Å². The highest BCUT2D eigenvalue weighted by Gasteiger charge is 2.14. The Hall–Kier alpha value is -1.42. The molecule has 1 atom stereocenters. The van der Waals surface area contributed by atoms with Crippen molar-refractivity contribution in [2.45, 2.75) is 46.1 Å². The van der Waals surface area contributed by atoms with Gasteiger partial charge in [0.25, 0.3) is 0 Å².